The summed E-state index contributed by atoms with van der Waals surface area (Å²) in [5.41, 5.74) is 3.12. The van der Waals surface area contributed by atoms with E-state index in [9.17, 15) is 22.8 Å². The molecule has 38 heavy (non-hydrogen) atoms. The lowest BCUT2D eigenvalue weighted by Gasteiger charge is -2.26. The maximum atomic E-state index is 13.4. The Morgan fingerprint density at radius 1 is 1.08 bits per heavy atom. The summed E-state index contributed by atoms with van der Waals surface area (Å²) in [5.74, 6) is -1.21. The summed E-state index contributed by atoms with van der Waals surface area (Å²) < 4.78 is 52.5. The van der Waals surface area contributed by atoms with Crippen LogP contribution in [-0.2, 0) is 22.3 Å². The van der Waals surface area contributed by atoms with E-state index in [0.29, 0.717) is 23.7 Å². The Bertz CT molecular complexity index is 1320. The molecular weight excluding hydrogens is 503 g/mol. The van der Waals surface area contributed by atoms with Crippen LogP contribution >= 0.6 is 0 Å². The molecule has 1 aliphatic heterocycles. The number of hydrogen-bond acceptors (Lipinski definition) is 6. The summed E-state index contributed by atoms with van der Waals surface area (Å²) in [6.07, 6.45) is -0.288. The third-order valence-electron chi connectivity index (χ3n) is 5.94. The SMILES string of the molecule is CCOc1cc(/C=N/NC(=O)Cn2c(C(F)(F)F)nc3ccccc32)ccc1OCC(=O)N1CCCCC1. The quantitative estimate of drug-likeness (QED) is 0.333. The number of amides is 2. The largest absolute Gasteiger partial charge is 0.490 e. The number of piperidine rings is 1. The van der Waals surface area contributed by atoms with E-state index in [2.05, 4.69) is 15.5 Å². The number of ether oxygens (including phenoxy) is 2. The smallest absolute Gasteiger partial charge is 0.449 e. The zero-order valence-electron chi connectivity index (χ0n) is 20.8. The first-order chi connectivity index (χ1) is 18.3. The van der Waals surface area contributed by atoms with Crippen LogP contribution in [0, 0.1) is 0 Å². The van der Waals surface area contributed by atoms with Crippen LogP contribution in [0.15, 0.2) is 47.6 Å². The van der Waals surface area contributed by atoms with Crippen LogP contribution < -0.4 is 14.9 Å². The second-order valence-corrected chi connectivity index (χ2v) is 8.67. The van der Waals surface area contributed by atoms with Gasteiger partial charge in [0.2, 0.25) is 5.82 Å². The highest BCUT2D eigenvalue weighted by atomic mass is 19.4. The minimum Gasteiger partial charge on any atom is -0.490 e. The van der Waals surface area contributed by atoms with Gasteiger partial charge in [-0.3, -0.25) is 9.59 Å². The van der Waals surface area contributed by atoms with Gasteiger partial charge in [0.05, 0.1) is 23.9 Å². The van der Waals surface area contributed by atoms with Crippen LogP contribution in [0.1, 0.15) is 37.6 Å². The summed E-state index contributed by atoms with van der Waals surface area (Å²) in [7, 11) is 0. The first-order valence-electron chi connectivity index (χ1n) is 12.3. The van der Waals surface area contributed by atoms with E-state index in [0.717, 1.165) is 36.9 Å². The molecule has 0 spiro atoms. The number of likely N-dealkylation sites (tertiary alicyclic amines) is 1. The second kappa shape index (κ2) is 12.0. The van der Waals surface area contributed by atoms with Crippen molar-refractivity contribution in [3.05, 3.63) is 53.9 Å². The number of carbonyl (C=O) groups excluding carboxylic acids is 2. The lowest BCUT2D eigenvalue weighted by molar-refractivity contribution is -0.147. The van der Waals surface area contributed by atoms with Crippen molar-refractivity contribution < 1.29 is 32.2 Å². The number of aromatic nitrogens is 2. The fourth-order valence-electron chi connectivity index (χ4n) is 4.18. The third-order valence-corrected chi connectivity index (χ3v) is 5.94. The number of imidazole rings is 1. The van der Waals surface area contributed by atoms with Crippen molar-refractivity contribution in [3.8, 4) is 11.5 Å². The van der Waals surface area contributed by atoms with Gasteiger partial charge in [-0.05, 0) is 62.1 Å². The fraction of sp³-hybridized carbons (Fsp3) is 0.385. The Labute approximate surface area is 217 Å². The summed E-state index contributed by atoms with van der Waals surface area (Å²) in [6.45, 7) is 2.90. The number of benzene rings is 2. The van der Waals surface area contributed by atoms with E-state index in [1.54, 1.807) is 42.2 Å². The molecule has 0 unspecified atom stereocenters. The second-order valence-electron chi connectivity index (χ2n) is 8.67. The molecular formula is C26H28F3N5O4. The molecule has 1 fully saturated rings. The zero-order chi connectivity index (χ0) is 27.1. The van der Waals surface area contributed by atoms with Gasteiger partial charge in [0, 0.05) is 13.1 Å². The van der Waals surface area contributed by atoms with Gasteiger partial charge in [-0.25, -0.2) is 10.4 Å². The molecule has 2 amide bonds. The van der Waals surface area contributed by atoms with E-state index in [1.165, 1.54) is 18.3 Å². The van der Waals surface area contributed by atoms with E-state index in [1.807, 2.05) is 0 Å². The Morgan fingerprint density at radius 3 is 2.58 bits per heavy atom. The minimum atomic E-state index is -4.72. The van der Waals surface area contributed by atoms with Crippen molar-refractivity contribution >= 4 is 29.1 Å². The summed E-state index contributed by atoms with van der Waals surface area (Å²) >= 11 is 0. The van der Waals surface area contributed by atoms with Gasteiger partial charge in [0.1, 0.15) is 6.54 Å². The number of para-hydroxylation sites is 2. The molecule has 0 aliphatic carbocycles. The minimum absolute atomic E-state index is 0.0835. The molecule has 1 aromatic heterocycles. The zero-order valence-corrected chi connectivity index (χ0v) is 20.8. The topological polar surface area (TPSA) is 98.0 Å². The predicted molar refractivity (Wildman–Crippen MR) is 134 cm³/mol. The number of hydrogen-bond donors (Lipinski definition) is 1. The fourth-order valence-corrected chi connectivity index (χ4v) is 4.18. The van der Waals surface area contributed by atoms with Gasteiger partial charge in [0.15, 0.2) is 18.1 Å². The lowest BCUT2D eigenvalue weighted by atomic mass is 10.1. The molecule has 0 bridgehead atoms. The van der Waals surface area contributed by atoms with E-state index < -0.39 is 24.5 Å². The number of halogens is 3. The maximum Gasteiger partial charge on any atom is 0.449 e. The monoisotopic (exact) mass is 531 g/mol. The molecule has 2 heterocycles. The van der Waals surface area contributed by atoms with Crippen LogP contribution in [0.25, 0.3) is 11.0 Å². The number of hydrazone groups is 1. The van der Waals surface area contributed by atoms with Crippen LogP contribution in [0.3, 0.4) is 0 Å². The maximum absolute atomic E-state index is 13.4. The molecule has 9 nitrogen and oxygen atoms in total. The number of fused-ring (bicyclic) bond motifs is 1. The molecule has 1 saturated heterocycles. The van der Waals surface area contributed by atoms with Crippen LogP contribution in [0.5, 0.6) is 11.5 Å². The molecule has 12 heteroatoms. The molecule has 0 saturated carbocycles. The Morgan fingerprint density at radius 2 is 1.84 bits per heavy atom. The number of alkyl halides is 3. The van der Waals surface area contributed by atoms with Gasteiger partial charge < -0.3 is 18.9 Å². The van der Waals surface area contributed by atoms with E-state index >= 15 is 0 Å². The molecule has 0 atom stereocenters. The van der Waals surface area contributed by atoms with E-state index in [-0.39, 0.29) is 23.5 Å². The van der Waals surface area contributed by atoms with Gasteiger partial charge >= 0.3 is 6.18 Å². The van der Waals surface area contributed by atoms with Gasteiger partial charge in [0.25, 0.3) is 11.8 Å². The average Bonchev–Trinajstić information content (AvgIpc) is 3.27. The van der Waals surface area contributed by atoms with Crippen LogP contribution in [0.2, 0.25) is 0 Å². The average molecular weight is 532 g/mol. The highest BCUT2D eigenvalue weighted by Crippen LogP contribution is 2.31. The van der Waals surface area contributed by atoms with Crippen molar-refractivity contribution in [2.24, 2.45) is 5.10 Å². The standard InChI is InChI=1S/C26H28F3N5O4/c1-2-37-22-14-18(10-11-21(22)38-17-24(36)33-12-6-3-7-13-33)15-30-32-23(35)16-34-20-9-5-4-8-19(20)31-25(34)26(27,28)29/h4-5,8-11,14-15H,2-3,6-7,12-13,16-17H2,1H3,(H,32,35)/b30-15+. The first kappa shape index (κ1) is 27.0. The van der Waals surface area contributed by atoms with Crippen molar-refractivity contribution in [2.45, 2.75) is 38.9 Å². The lowest BCUT2D eigenvalue weighted by Crippen LogP contribution is -2.38. The number of rotatable bonds is 9. The molecule has 0 radical (unpaired) electrons. The van der Waals surface area contributed by atoms with Crippen LogP contribution in [0.4, 0.5) is 13.2 Å². The predicted octanol–water partition coefficient (Wildman–Crippen LogP) is 4.00. The van der Waals surface area contributed by atoms with Gasteiger partial charge in [-0.2, -0.15) is 18.3 Å². The summed E-state index contributed by atoms with van der Waals surface area (Å²) in [4.78, 5) is 30.2. The van der Waals surface area contributed by atoms with Gasteiger partial charge in [-0.15, -0.1) is 0 Å². The number of nitrogens with one attached hydrogen (secondary N) is 1. The van der Waals surface area contributed by atoms with Crippen molar-refractivity contribution in [3.63, 3.8) is 0 Å². The Hall–Kier alpha value is -4.09. The van der Waals surface area contributed by atoms with E-state index in [4.69, 9.17) is 9.47 Å². The Balaban J connectivity index is 1.39. The number of carbonyl (C=O) groups is 2. The molecule has 1 N–H and O–H groups in total. The molecule has 2 aromatic carbocycles. The molecule has 3 aromatic rings. The normalized spacial score (nSPS) is 14.2. The summed E-state index contributed by atoms with van der Waals surface area (Å²) in [5, 5.41) is 3.86. The summed E-state index contributed by atoms with van der Waals surface area (Å²) in [6, 6.07) is 11.0. The highest BCUT2D eigenvalue weighted by molar-refractivity contribution is 5.84. The molecule has 4 rings (SSSR count). The van der Waals surface area contributed by atoms with Crippen LogP contribution in [-0.4, -0.2) is 58.8 Å². The molecule has 1 aliphatic rings. The van der Waals surface area contributed by atoms with Crippen molar-refractivity contribution in [1.29, 1.82) is 0 Å². The highest BCUT2D eigenvalue weighted by Gasteiger charge is 2.38. The third kappa shape index (κ3) is 6.61. The first-order valence-corrected chi connectivity index (χ1v) is 12.3. The number of nitrogens with zero attached hydrogens (tertiary/aromatic N) is 4. The van der Waals surface area contributed by atoms with Gasteiger partial charge in [-0.1, -0.05) is 12.1 Å². The molecule has 202 valence electrons. The van der Waals surface area contributed by atoms with Crippen molar-refractivity contribution in [1.82, 2.24) is 19.9 Å². The van der Waals surface area contributed by atoms with Crippen molar-refractivity contribution in [2.75, 3.05) is 26.3 Å². The Kier molecular flexibility index (Phi) is 8.49.